The zero-order valence-corrected chi connectivity index (χ0v) is 13.0. The molecule has 2 unspecified atom stereocenters. The van der Waals surface area contributed by atoms with Crippen molar-refractivity contribution in [1.29, 1.82) is 0 Å². The van der Waals surface area contributed by atoms with Crippen LogP contribution in [0.5, 0.6) is 0 Å². The largest absolute Gasteiger partial charge is 0.350 e. The van der Waals surface area contributed by atoms with Crippen molar-refractivity contribution in [3.05, 3.63) is 29.8 Å². The average Bonchev–Trinajstić information content (AvgIpc) is 2.44. The van der Waals surface area contributed by atoms with Crippen LogP contribution in [0, 0.1) is 5.92 Å². The molecule has 0 aliphatic carbocycles. The molecule has 0 heterocycles. The molecule has 0 aliphatic rings. The Balaban J connectivity index is 2.56. The molecule has 2 amide bonds. The molecule has 0 spiro atoms. The van der Waals surface area contributed by atoms with Crippen LogP contribution in [0.1, 0.15) is 45.2 Å². The molecule has 1 aromatic carbocycles. The number of carbonyl (C=O) groups is 2. The molecule has 2 atom stereocenters. The lowest BCUT2D eigenvalue weighted by Crippen LogP contribution is -2.27. The van der Waals surface area contributed by atoms with Crippen LogP contribution in [0.2, 0.25) is 0 Å². The third-order valence-electron chi connectivity index (χ3n) is 3.35. The Morgan fingerprint density at radius 2 is 2.00 bits per heavy atom. The van der Waals surface area contributed by atoms with Gasteiger partial charge in [-0.25, -0.2) is 0 Å². The number of benzene rings is 1. The van der Waals surface area contributed by atoms with Crippen LogP contribution in [-0.4, -0.2) is 18.4 Å². The van der Waals surface area contributed by atoms with Gasteiger partial charge in [-0.2, -0.15) is 0 Å². The summed E-state index contributed by atoms with van der Waals surface area (Å²) in [5.74, 6) is 0.265. The summed E-state index contributed by atoms with van der Waals surface area (Å²) in [5.41, 5.74) is 7.23. The van der Waals surface area contributed by atoms with E-state index >= 15 is 0 Å². The number of nitrogens with one attached hydrogen (secondary N) is 2. The fourth-order valence-corrected chi connectivity index (χ4v) is 1.98. The third kappa shape index (κ3) is 6.40. The summed E-state index contributed by atoms with van der Waals surface area (Å²) >= 11 is 0. The molecule has 0 fully saturated rings. The summed E-state index contributed by atoms with van der Waals surface area (Å²) in [4.78, 5) is 22.9. The Morgan fingerprint density at radius 3 is 2.62 bits per heavy atom. The maximum absolute atomic E-state index is 11.9. The highest BCUT2D eigenvalue weighted by Gasteiger charge is 2.11. The van der Waals surface area contributed by atoms with Crippen LogP contribution in [0.25, 0.3) is 0 Å². The van der Waals surface area contributed by atoms with Gasteiger partial charge < -0.3 is 16.4 Å². The Kier molecular flexibility index (Phi) is 6.88. The summed E-state index contributed by atoms with van der Waals surface area (Å²) in [6, 6.07) is 7.38. The molecular formula is C16H25N3O2. The number of hydrogen-bond acceptors (Lipinski definition) is 3. The number of rotatable bonds is 7. The lowest BCUT2D eigenvalue weighted by Gasteiger charge is -2.16. The van der Waals surface area contributed by atoms with Crippen LogP contribution in [-0.2, 0) is 9.59 Å². The van der Waals surface area contributed by atoms with Gasteiger partial charge in [0.25, 0.3) is 0 Å². The van der Waals surface area contributed by atoms with E-state index in [0.717, 1.165) is 17.7 Å². The first kappa shape index (κ1) is 17.2. The third-order valence-corrected chi connectivity index (χ3v) is 3.35. The molecule has 21 heavy (non-hydrogen) atoms. The van der Waals surface area contributed by atoms with Gasteiger partial charge in [-0.05, 0) is 43.5 Å². The second-order valence-corrected chi connectivity index (χ2v) is 5.48. The molecule has 1 aromatic rings. The Bertz CT molecular complexity index is 488. The highest BCUT2D eigenvalue weighted by atomic mass is 16.2. The van der Waals surface area contributed by atoms with Crippen molar-refractivity contribution in [2.75, 3.05) is 11.9 Å². The van der Waals surface area contributed by atoms with Crippen molar-refractivity contribution in [3.63, 3.8) is 0 Å². The van der Waals surface area contributed by atoms with Crippen molar-refractivity contribution in [3.8, 4) is 0 Å². The van der Waals surface area contributed by atoms with E-state index in [2.05, 4.69) is 10.6 Å². The molecule has 0 saturated carbocycles. The van der Waals surface area contributed by atoms with Crippen molar-refractivity contribution in [2.24, 2.45) is 11.7 Å². The van der Waals surface area contributed by atoms with E-state index in [0.29, 0.717) is 18.9 Å². The molecule has 5 nitrogen and oxygen atoms in total. The van der Waals surface area contributed by atoms with E-state index < -0.39 is 0 Å². The number of anilines is 1. The lowest BCUT2D eigenvalue weighted by molar-refractivity contribution is -0.122. The highest BCUT2D eigenvalue weighted by Crippen LogP contribution is 2.17. The average molecular weight is 291 g/mol. The van der Waals surface area contributed by atoms with Crippen molar-refractivity contribution >= 4 is 17.5 Å². The molecule has 0 bridgehead atoms. The van der Waals surface area contributed by atoms with Crippen molar-refractivity contribution < 1.29 is 9.59 Å². The standard InChI is InChI=1S/C16H25N3O2/c1-11(10-17)7-8-16(21)18-12(2)14-5-4-6-15(9-14)19-13(3)20/h4-6,9,11-12H,7-8,10,17H2,1-3H3,(H,18,21)(H,19,20). The molecule has 116 valence electrons. The number of carbonyl (C=O) groups excluding carboxylic acids is 2. The fraction of sp³-hybridized carbons (Fsp3) is 0.500. The first-order valence-electron chi connectivity index (χ1n) is 7.29. The summed E-state index contributed by atoms with van der Waals surface area (Å²) < 4.78 is 0. The predicted molar refractivity (Wildman–Crippen MR) is 84.8 cm³/mol. The number of nitrogens with two attached hydrogens (primary N) is 1. The van der Waals surface area contributed by atoms with Gasteiger partial charge in [0.2, 0.25) is 11.8 Å². The van der Waals surface area contributed by atoms with Crippen LogP contribution >= 0.6 is 0 Å². The normalized spacial score (nSPS) is 13.3. The van der Waals surface area contributed by atoms with E-state index in [9.17, 15) is 9.59 Å². The summed E-state index contributed by atoms with van der Waals surface area (Å²) in [6.07, 6.45) is 1.27. The molecule has 1 rings (SSSR count). The lowest BCUT2D eigenvalue weighted by atomic mass is 10.0. The van der Waals surface area contributed by atoms with Crippen LogP contribution in [0.15, 0.2) is 24.3 Å². The second kappa shape index (κ2) is 8.42. The van der Waals surface area contributed by atoms with Gasteiger partial charge >= 0.3 is 0 Å². The van der Waals surface area contributed by atoms with Crippen LogP contribution < -0.4 is 16.4 Å². The molecule has 0 radical (unpaired) electrons. The summed E-state index contributed by atoms with van der Waals surface area (Å²) in [6.45, 7) is 6.03. The van der Waals surface area contributed by atoms with Gasteiger partial charge in [-0.15, -0.1) is 0 Å². The second-order valence-electron chi connectivity index (χ2n) is 5.48. The summed E-state index contributed by atoms with van der Waals surface area (Å²) in [7, 11) is 0. The predicted octanol–water partition coefficient (Wildman–Crippen LogP) is 2.20. The van der Waals surface area contributed by atoms with E-state index in [-0.39, 0.29) is 17.9 Å². The Morgan fingerprint density at radius 1 is 1.29 bits per heavy atom. The van der Waals surface area contributed by atoms with Gasteiger partial charge in [0, 0.05) is 19.0 Å². The van der Waals surface area contributed by atoms with Crippen LogP contribution in [0.4, 0.5) is 5.69 Å². The van der Waals surface area contributed by atoms with Gasteiger partial charge in [-0.1, -0.05) is 19.1 Å². The molecule has 0 aliphatic heterocycles. The first-order chi connectivity index (χ1) is 9.92. The number of amides is 2. The van der Waals surface area contributed by atoms with E-state index in [1.54, 1.807) is 0 Å². The minimum absolute atomic E-state index is 0.0210. The quantitative estimate of drug-likeness (QED) is 0.720. The van der Waals surface area contributed by atoms with E-state index in [1.165, 1.54) is 6.92 Å². The van der Waals surface area contributed by atoms with Crippen molar-refractivity contribution in [2.45, 2.75) is 39.7 Å². The number of hydrogen-bond donors (Lipinski definition) is 3. The van der Waals surface area contributed by atoms with Gasteiger partial charge in [0.1, 0.15) is 0 Å². The molecule has 4 N–H and O–H groups in total. The zero-order valence-electron chi connectivity index (χ0n) is 13.0. The highest BCUT2D eigenvalue weighted by molar-refractivity contribution is 5.88. The van der Waals surface area contributed by atoms with Gasteiger partial charge in [0.15, 0.2) is 0 Å². The molecule has 0 aromatic heterocycles. The maximum Gasteiger partial charge on any atom is 0.221 e. The van der Waals surface area contributed by atoms with E-state index in [4.69, 9.17) is 5.73 Å². The van der Waals surface area contributed by atoms with E-state index in [1.807, 2.05) is 38.1 Å². The fourth-order valence-electron chi connectivity index (χ4n) is 1.98. The SMILES string of the molecule is CC(=O)Nc1cccc(C(C)NC(=O)CCC(C)CN)c1. The van der Waals surface area contributed by atoms with Gasteiger partial charge in [0.05, 0.1) is 6.04 Å². The molecule has 5 heteroatoms. The Hall–Kier alpha value is -1.88. The molecular weight excluding hydrogens is 266 g/mol. The zero-order chi connectivity index (χ0) is 15.8. The van der Waals surface area contributed by atoms with Gasteiger partial charge in [-0.3, -0.25) is 9.59 Å². The minimum atomic E-state index is -0.111. The molecule has 0 saturated heterocycles. The Labute approximate surface area is 126 Å². The maximum atomic E-state index is 11.9. The monoisotopic (exact) mass is 291 g/mol. The summed E-state index contributed by atoms with van der Waals surface area (Å²) in [5, 5.41) is 5.70. The first-order valence-corrected chi connectivity index (χ1v) is 7.29. The smallest absolute Gasteiger partial charge is 0.221 e. The van der Waals surface area contributed by atoms with Crippen LogP contribution in [0.3, 0.4) is 0 Å². The van der Waals surface area contributed by atoms with Crippen molar-refractivity contribution in [1.82, 2.24) is 5.32 Å². The topological polar surface area (TPSA) is 84.2 Å². The minimum Gasteiger partial charge on any atom is -0.350 e.